The molecule has 154 valence electrons. The van der Waals surface area contributed by atoms with Gasteiger partial charge in [0.25, 0.3) is 0 Å². The lowest BCUT2D eigenvalue weighted by molar-refractivity contribution is 0.672. The number of hydrogen-bond acceptors (Lipinski definition) is 1. The molecule has 0 saturated heterocycles. The molecule has 7 aromatic rings. The molecule has 0 aliphatic carbocycles. The van der Waals surface area contributed by atoms with Crippen LogP contribution < -0.4 is 0 Å². The smallest absolute Gasteiger partial charge is 0.143 e. The monoisotopic (exact) mass is 420 g/mol. The number of fused-ring (bicyclic) bond motifs is 6. The van der Waals surface area contributed by atoms with Gasteiger partial charge in [-0.05, 0) is 56.6 Å². The first-order valence-corrected chi connectivity index (χ1v) is 11.3. The fraction of sp³-hybridized carbons (Fsp3) is 0. The minimum atomic E-state index is 0.926. The van der Waals surface area contributed by atoms with E-state index in [1.54, 1.807) is 0 Å². The zero-order valence-electron chi connectivity index (χ0n) is 18.0. The molecule has 0 atom stereocenters. The van der Waals surface area contributed by atoms with Crippen LogP contribution >= 0.6 is 0 Å². The Morgan fingerprint density at radius 1 is 0.394 bits per heavy atom. The molecule has 6 aromatic carbocycles. The molecule has 1 heterocycles. The van der Waals surface area contributed by atoms with Gasteiger partial charge in [0.05, 0.1) is 0 Å². The second-order valence-electron chi connectivity index (χ2n) is 8.55. The lowest BCUT2D eigenvalue weighted by atomic mass is 9.91. The van der Waals surface area contributed by atoms with E-state index in [2.05, 4.69) is 121 Å². The van der Waals surface area contributed by atoms with Crippen molar-refractivity contribution in [3.8, 4) is 22.3 Å². The Kier molecular flexibility index (Phi) is 3.91. The van der Waals surface area contributed by atoms with E-state index < -0.39 is 0 Å². The van der Waals surface area contributed by atoms with Crippen LogP contribution in [-0.2, 0) is 0 Å². The van der Waals surface area contributed by atoms with Gasteiger partial charge in [-0.25, -0.2) is 0 Å². The summed E-state index contributed by atoms with van der Waals surface area (Å²) in [7, 11) is 0. The number of hydrogen-bond donors (Lipinski definition) is 0. The van der Waals surface area contributed by atoms with Gasteiger partial charge in [0, 0.05) is 16.2 Å². The van der Waals surface area contributed by atoms with E-state index >= 15 is 0 Å². The predicted molar refractivity (Wildman–Crippen MR) is 140 cm³/mol. The third-order valence-electron chi connectivity index (χ3n) is 6.68. The van der Waals surface area contributed by atoms with Crippen molar-refractivity contribution < 1.29 is 4.42 Å². The van der Waals surface area contributed by atoms with Gasteiger partial charge >= 0.3 is 0 Å². The maximum absolute atomic E-state index is 6.32. The fourth-order valence-electron chi connectivity index (χ4n) is 5.09. The molecule has 0 amide bonds. The van der Waals surface area contributed by atoms with E-state index in [1.165, 1.54) is 38.4 Å². The standard InChI is InChI=1S/C32H20O/c1-2-8-21(9-3-1)24-17-18-25(28-13-7-6-12-27(24)28)23-15-19-31-30(20-23)29-16-14-22-10-4-5-11-26(22)32(29)33-31/h1-20H. The topological polar surface area (TPSA) is 13.1 Å². The molecule has 0 fully saturated rings. The van der Waals surface area contributed by atoms with Crippen LogP contribution in [0.5, 0.6) is 0 Å². The van der Waals surface area contributed by atoms with Crippen LogP contribution in [0.3, 0.4) is 0 Å². The van der Waals surface area contributed by atoms with Gasteiger partial charge in [0.15, 0.2) is 0 Å². The lowest BCUT2D eigenvalue weighted by Gasteiger charge is -2.12. The molecular weight excluding hydrogens is 400 g/mol. The Morgan fingerprint density at radius 2 is 1.06 bits per heavy atom. The first-order valence-electron chi connectivity index (χ1n) is 11.3. The molecule has 0 aliphatic heterocycles. The summed E-state index contributed by atoms with van der Waals surface area (Å²) in [4.78, 5) is 0. The van der Waals surface area contributed by atoms with Crippen LogP contribution in [0.15, 0.2) is 126 Å². The number of rotatable bonds is 2. The fourth-order valence-corrected chi connectivity index (χ4v) is 5.09. The summed E-state index contributed by atoms with van der Waals surface area (Å²) < 4.78 is 6.32. The molecule has 0 saturated carbocycles. The van der Waals surface area contributed by atoms with Crippen LogP contribution in [-0.4, -0.2) is 0 Å². The summed E-state index contributed by atoms with van der Waals surface area (Å²) >= 11 is 0. The molecule has 1 heteroatoms. The summed E-state index contributed by atoms with van der Waals surface area (Å²) in [6, 6.07) is 43.1. The van der Waals surface area contributed by atoms with Gasteiger partial charge in [0.1, 0.15) is 11.2 Å². The summed E-state index contributed by atoms with van der Waals surface area (Å²) in [5.74, 6) is 0. The van der Waals surface area contributed by atoms with Crippen LogP contribution in [0.4, 0.5) is 0 Å². The second kappa shape index (κ2) is 7.08. The highest BCUT2D eigenvalue weighted by Gasteiger charge is 2.13. The average molecular weight is 421 g/mol. The Morgan fingerprint density at radius 3 is 1.85 bits per heavy atom. The molecule has 0 radical (unpaired) electrons. The van der Waals surface area contributed by atoms with Gasteiger partial charge in [-0.15, -0.1) is 0 Å². The first kappa shape index (κ1) is 18.2. The van der Waals surface area contributed by atoms with Crippen molar-refractivity contribution >= 4 is 43.5 Å². The highest BCUT2D eigenvalue weighted by atomic mass is 16.3. The van der Waals surface area contributed by atoms with Gasteiger partial charge in [-0.1, -0.05) is 103 Å². The molecule has 0 bridgehead atoms. The van der Waals surface area contributed by atoms with E-state index in [4.69, 9.17) is 4.42 Å². The molecule has 0 N–H and O–H groups in total. The average Bonchev–Trinajstić information content (AvgIpc) is 3.27. The van der Waals surface area contributed by atoms with Crippen LogP contribution in [0.2, 0.25) is 0 Å². The van der Waals surface area contributed by atoms with Crippen molar-refractivity contribution in [1.29, 1.82) is 0 Å². The largest absolute Gasteiger partial charge is 0.455 e. The number of benzene rings is 6. The highest BCUT2D eigenvalue weighted by molar-refractivity contribution is 6.16. The summed E-state index contributed by atoms with van der Waals surface area (Å²) in [6.45, 7) is 0. The molecular formula is C32H20O. The Hall–Kier alpha value is -4.36. The minimum absolute atomic E-state index is 0.926. The van der Waals surface area contributed by atoms with Crippen molar-refractivity contribution in [3.63, 3.8) is 0 Å². The van der Waals surface area contributed by atoms with Crippen molar-refractivity contribution in [2.75, 3.05) is 0 Å². The maximum Gasteiger partial charge on any atom is 0.143 e. The summed E-state index contributed by atoms with van der Waals surface area (Å²) in [6.07, 6.45) is 0. The van der Waals surface area contributed by atoms with E-state index in [0.717, 1.165) is 27.3 Å². The Bertz CT molecular complexity index is 1810. The molecule has 0 aliphatic rings. The molecule has 1 aromatic heterocycles. The molecule has 7 rings (SSSR count). The minimum Gasteiger partial charge on any atom is -0.455 e. The zero-order chi connectivity index (χ0) is 21.8. The Balaban J connectivity index is 1.48. The van der Waals surface area contributed by atoms with Crippen molar-refractivity contribution in [3.05, 3.63) is 121 Å². The van der Waals surface area contributed by atoms with Crippen molar-refractivity contribution in [2.45, 2.75) is 0 Å². The van der Waals surface area contributed by atoms with Crippen LogP contribution in [0.1, 0.15) is 0 Å². The van der Waals surface area contributed by atoms with Crippen LogP contribution in [0.25, 0.3) is 65.7 Å². The quantitative estimate of drug-likeness (QED) is 0.272. The van der Waals surface area contributed by atoms with Crippen molar-refractivity contribution in [1.82, 2.24) is 0 Å². The Labute approximate surface area is 191 Å². The maximum atomic E-state index is 6.32. The normalized spacial score (nSPS) is 11.6. The van der Waals surface area contributed by atoms with Crippen molar-refractivity contribution in [2.24, 2.45) is 0 Å². The lowest BCUT2D eigenvalue weighted by Crippen LogP contribution is -1.86. The highest BCUT2D eigenvalue weighted by Crippen LogP contribution is 2.39. The van der Waals surface area contributed by atoms with E-state index in [0.29, 0.717) is 0 Å². The SMILES string of the molecule is c1ccc(-c2ccc(-c3ccc4oc5c6ccccc6ccc5c4c3)c3ccccc23)cc1. The zero-order valence-corrected chi connectivity index (χ0v) is 18.0. The van der Waals surface area contributed by atoms with Gasteiger partial charge in [-0.3, -0.25) is 0 Å². The van der Waals surface area contributed by atoms with Gasteiger partial charge < -0.3 is 4.42 Å². The van der Waals surface area contributed by atoms with Crippen LogP contribution in [0, 0.1) is 0 Å². The number of furan rings is 1. The van der Waals surface area contributed by atoms with Gasteiger partial charge in [-0.2, -0.15) is 0 Å². The molecule has 1 nitrogen and oxygen atoms in total. The second-order valence-corrected chi connectivity index (χ2v) is 8.55. The molecule has 0 spiro atoms. The predicted octanol–water partition coefficient (Wildman–Crippen LogP) is 9.23. The third-order valence-corrected chi connectivity index (χ3v) is 6.68. The summed E-state index contributed by atoms with van der Waals surface area (Å²) in [5, 5.41) is 7.21. The summed E-state index contributed by atoms with van der Waals surface area (Å²) in [5.41, 5.74) is 6.83. The molecule has 33 heavy (non-hydrogen) atoms. The molecule has 0 unspecified atom stereocenters. The van der Waals surface area contributed by atoms with Gasteiger partial charge in [0.2, 0.25) is 0 Å². The third kappa shape index (κ3) is 2.79. The van der Waals surface area contributed by atoms with E-state index in [9.17, 15) is 0 Å². The van der Waals surface area contributed by atoms with E-state index in [1.807, 2.05) is 0 Å². The first-order chi connectivity index (χ1) is 16.4. The van der Waals surface area contributed by atoms with E-state index in [-0.39, 0.29) is 0 Å².